The third-order valence-corrected chi connectivity index (χ3v) is 1.93. The lowest BCUT2D eigenvalue weighted by atomic mass is 10.8. The molecule has 1 aromatic heterocycles. The van der Waals surface area contributed by atoms with E-state index in [0.29, 0.717) is 5.15 Å². The fourth-order valence-electron chi connectivity index (χ4n) is 0.487. The molecular formula is C5H7ClN2S. The van der Waals surface area contributed by atoms with Crippen molar-refractivity contribution in [3.8, 4) is 0 Å². The molecule has 0 atom stereocenters. The Morgan fingerprint density at radius 2 is 2.67 bits per heavy atom. The van der Waals surface area contributed by atoms with Gasteiger partial charge in [-0.05, 0) is 6.92 Å². The molecule has 50 valence electrons. The van der Waals surface area contributed by atoms with Crippen molar-refractivity contribution in [2.75, 3.05) is 11.9 Å². The van der Waals surface area contributed by atoms with Crippen LogP contribution in [0.3, 0.4) is 0 Å². The molecular weight excluding hydrogens is 156 g/mol. The molecule has 1 aromatic rings. The first-order chi connectivity index (χ1) is 4.33. The van der Waals surface area contributed by atoms with Crippen molar-refractivity contribution < 1.29 is 0 Å². The van der Waals surface area contributed by atoms with Crippen LogP contribution in [-0.2, 0) is 0 Å². The van der Waals surface area contributed by atoms with Crippen molar-refractivity contribution in [1.29, 1.82) is 0 Å². The maximum atomic E-state index is 5.56. The van der Waals surface area contributed by atoms with Gasteiger partial charge in [0.25, 0.3) is 0 Å². The van der Waals surface area contributed by atoms with E-state index in [1.165, 1.54) is 11.3 Å². The molecule has 0 fully saturated rings. The van der Waals surface area contributed by atoms with Crippen LogP contribution in [0.4, 0.5) is 5.13 Å². The second kappa shape index (κ2) is 3.03. The number of hydrogen-bond acceptors (Lipinski definition) is 3. The quantitative estimate of drug-likeness (QED) is 0.722. The average molecular weight is 163 g/mol. The molecule has 1 N–H and O–H groups in total. The van der Waals surface area contributed by atoms with Gasteiger partial charge < -0.3 is 5.32 Å². The van der Waals surface area contributed by atoms with E-state index in [4.69, 9.17) is 11.6 Å². The van der Waals surface area contributed by atoms with E-state index >= 15 is 0 Å². The van der Waals surface area contributed by atoms with E-state index in [0.717, 1.165) is 11.7 Å². The highest BCUT2D eigenvalue weighted by Crippen LogP contribution is 2.17. The van der Waals surface area contributed by atoms with Gasteiger partial charge in [0, 0.05) is 11.9 Å². The molecule has 0 aromatic carbocycles. The van der Waals surface area contributed by atoms with E-state index < -0.39 is 0 Å². The zero-order valence-electron chi connectivity index (χ0n) is 5.02. The highest BCUT2D eigenvalue weighted by molar-refractivity contribution is 7.14. The average Bonchev–Trinajstić information content (AvgIpc) is 2.17. The van der Waals surface area contributed by atoms with Crippen LogP contribution in [0.2, 0.25) is 5.15 Å². The van der Waals surface area contributed by atoms with Crippen molar-refractivity contribution in [2.24, 2.45) is 0 Å². The number of halogens is 1. The van der Waals surface area contributed by atoms with E-state index in [2.05, 4.69) is 10.3 Å². The van der Waals surface area contributed by atoms with Crippen molar-refractivity contribution in [1.82, 2.24) is 4.98 Å². The van der Waals surface area contributed by atoms with Crippen molar-refractivity contribution in [3.63, 3.8) is 0 Å². The number of rotatable bonds is 2. The predicted octanol–water partition coefficient (Wildman–Crippen LogP) is 2.23. The fraction of sp³-hybridized carbons (Fsp3) is 0.400. The van der Waals surface area contributed by atoms with E-state index in [1.807, 2.05) is 6.92 Å². The molecule has 1 rings (SSSR count). The number of anilines is 1. The Bertz CT molecular complexity index is 187. The molecule has 9 heavy (non-hydrogen) atoms. The minimum absolute atomic E-state index is 0.566. The highest BCUT2D eigenvalue weighted by Gasteiger charge is 1.94. The molecule has 0 amide bonds. The largest absolute Gasteiger partial charge is 0.362 e. The van der Waals surface area contributed by atoms with Crippen molar-refractivity contribution in [3.05, 3.63) is 10.5 Å². The van der Waals surface area contributed by atoms with Gasteiger partial charge in [-0.25, -0.2) is 4.98 Å². The van der Waals surface area contributed by atoms with Crippen LogP contribution >= 0.6 is 22.9 Å². The second-order valence-corrected chi connectivity index (χ2v) is 2.75. The number of nitrogens with zero attached hydrogens (tertiary/aromatic N) is 1. The van der Waals surface area contributed by atoms with E-state index in [1.54, 1.807) is 5.38 Å². The molecule has 0 saturated carbocycles. The lowest BCUT2D eigenvalue weighted by Crippen LogP contribution is -1.94. The Morgan fingerprint density at radius 3 is 3.11 bits per heavy atom. The lowest BCUT2D eigenvalue weighted by Gasteiger charge is -1.91. The zero-order chi connectivity index (χ0) is 6.69. The number of nitrogens with one attached hydrogen (secondary N) is 1. The molecule has 0 saturated heterocycles. The van der Waals surface area contributed by atoms with E-state index in [-0.39, 0.29) is 0 Å². The van der Waals surface area contributed by atoms with Crippen LogP contribution < -0.4 is 5.32 Å². The molecule has 0 radical (unpaired) electrons. The van der Waals surface area contributed by atoms with Gasteiger partial charge in [-0.3, -0.25) is 0 Å². The van der Waals surface area contributed by atoms with Gasteiger partial charge in [0.1, 0.15) is 5.15 Å². The fourth-order valence-corrected chi connectivity index (χ4v) is 1.40. The Kier molecular flexibility index (Phi) is 2.30. The third-order valence-electron chi connectivity index (χ3n) is 0.804. The van der Waals surface area contributed by atoms with Gasteiger partial charge in [0.2, 0.25) is 0 Å². The molecule has 4 heteroatoms. The molecule has 0 aliphatic heterocycles. The van der Waals surface area contributed by atoms with Gasteiger partial charge in [-0.1, -0.05) is 11.6 Å². The van der Waals surface area contributed by atoms with Crippen molar-refractivity contribution in [2.45, 2.75) is 6.92 Å². The number of thiazole rings is 1. The molecule has 0 spiro atoms. The summed E-state index contributed by atoms with van der Waals surface area (Å²) in [5.74, 6) is 0. The third kappa shape index (κ3) is 1.84. The second-order valence-electron chi connectivity index (χ2n) is 1.51. The Balaban J connectivity index is 2.61. The summed E-state index contributed by atoms with van der Waals surface area (Å²) < 4.78 is 0. The maximum Gasteiger partial charge on any atom is 0.184 e. The summed E-state index contributed by atoms with van der Waals surface area (Å²) in [5, 5.41) is 6.31. The van der Waals surface area contributed by atoms with Crippen LogP contribution in [0.25, 0.3) is 0 Å². The molecule has 0 aliphatic rings. The van der Waals surface area contributed by atoms with Crippen molar-refractivity contribution >= 4 is 28.1 Å². The summed E-state index contributed by atoms with van der Waals surface area (Å²) >= 11 is 7.08. The highest BCUT2D eigenvalue weighted by atomic mass is 35.5. The minimum atomic E-state index is 0.566. The first kappa shape index (κ1) is 6.83. The first-order valence-electron chi connectivity index (χ1n) is 2.68. The van der Waals surface area contributed by atoms with Gasteiger partial charge >= 0.3 is 0 Å². The molecule has 2 nitrogen and oxygen atoms in total. The normalized spacial score (nSPS) is 9.56. The number of hydrogen-bond donors (Lipinski definition) is 1. The van der Waals surface area contributed by atoms with Crippen LogP contribution in [0.1, 0.15) is 6.92 Å². The Labute approximate surface area is 62.9 Å². The standard InChI is InChI=1S/C5H7ClN2S/c1-2-7-5-8-4(6)3-9-5/h3H,2H2,1H3,(H,7,8). The lowest BCUT2D eigenvalue weighted by molar-refractivity contribution is 1.19. The van der Waals surface area contributed by atoms with Crippen LogP contribution in [0.5, 0.6) is 0 Å². The topological polar surface area (TPSA) is 24.9 Å². The monoisotopic (exact) mass is 162 g/mol. The molecule has 0 bridgehead atoms. The molecule has 0 unspecified atom stereocenters. The van der Waals surface area contributed by atoms with Gasteiger partial charge in [-0.2, -0.15) is 0 Å². The summed E-state index contributed by atoms with van der Waals surface area (Å²) in [5.41, 5.74) is 0. The Hall–Kier alpha value is -0.280. The van der Waals surface area contributed by atoms with Crippen LogP contribution in [0, 0.1) is 0 Å². The SMILES string of the molecule is CCNc1nc(Cl)cs1. The summed E-state index contributed by atoms with van der Waals surface area (Å²) in [7, 11) is 0. The summed E-state index contributed by atoms with van der Waals surface area (Å²) in [6.45, 7) is 2.92. The maximum absolute atomic E-state index is 5.56. The van der Waals surface area contributed by atoms with Gasteiger partial charge in [-0.15, -0.1) is 11.3 Å². The smallest absolute Gasteiger partial charge is 0.184 e. The summed E-state index contributed by atoms with van der Waals surface area (Å²) in [4.78, 5) is 3.97. The first-order valence-corrected chi connectivity index (χ1v) is 3.93. The predicted molar refractivity (Wildman–Crippen MR) is 41.3 cm³/mol. The summed E-state index contributed by atoms with van der Waals surface area (Å²) in [6, 6.07) is 0. The minimum Gasteiger partial charge on any atom is -0.362 e. The zero-order valence-corrected chi connectivity index (χ0v) is 6.59. The summed E-state index contributed by atoms with van der Waals surface area (Å²) in [6.07, 6.45) is 0. The van der Waals surface area contributed by atoms with Gasteiger partial charge in [0.05, 0.1) is 0 Å². The van der Waals surface area contributed by atoms with Gasteiger partial charge in [0.15, 0.2) is 5.13 Å². The molecule has 1 heterocycles. The van der Waals surface area contributed by atoms with Crippen LogP contribution in [-0.4, -0.2) is 11.5 Å². The number of aromatic nitrogens is 1. The van der Waals surface area contributed by atoms with Crippen LogP contribution in [0.15, 0.2) is 5.38 Å². The Morgan fingerprint density at radius 1 is 1.89 bits per heavy atom. The molecule has 0 aliphatic carbocycles. The van der Waals surface area contributed by atoms with E-state index in [9.17, 15) is 0 Å².